The summed E-state index contributed by atoms with van der Waals surface area (Å²) in [7, 11) is 5.39. The maximum absolute atomic E-state index is 12.5. The van der Waals surface area contributed by atoms with Crippen LogP contribution >= 0.6 is 0 Å². The Morgan fingerprint density at radius 3 is 2.25 bits per heavy atom. The van der Waals surface area contributed by atoms with Crippen molar-refractivity contribution in [3.05, 3.63) is 41.5 Å². The van der Waals surface area contributed by atoms with Crippen molar-refractivity contribution in [2.45, 2.75) is 6.18 Å². The van der Waals surface area contributed by atoms with Gasteiger partial charge in [-0.15, -0.1) is 0 Å². The molecule has 24 heavy (non-hydrogen) atoms. The van der Waals surface area contributed by atoms with E-state index in [4.69, 9.17) is 4.74 Å². The fourth-order valence-corrected chi connectivity index (χ4v) is 1.91. The van der Waals surface area contributed by atoms with Crippen LogP contribution in [0.3, 0.4) is 0 Å². The summed E-state index contributed by atoms with van der Waals surface area (Å²) < 4.78 is 42.5. The van der Waals surface area contributed by atoms with Gasteiger partial charge < -0.3 is 14.5 Å². The summed E-state index contributed by atoms with van der Waals surface area (Å²) >= 11 is 0. The van der Waals surface area contributed by atoms with E-state index in [9.17, 15) is 18.0 Å². The first-order chi connectivity index (χ1) is 11.2. The zero-order valence-electron chi connectivity index (χ0n) is 14.1. The van der Waals surface area contributed by atoms with Crippen molar-refractivity contribution in [3.8, 4) is 0 Å². The van der Waals surface area contributed by atoms with E-state index in [0.29, 0.717) is 31.8 Å². The second-order valence-electron chi connectivity index (χ2n) is 5.57. The van der Waals surface area contributed by atoms with Crippen molar-refractivity contribution in [2.24, 2.45) is 0 Å². The van der Waals surface area contributed by atoms with Gasteiger partial charge in [-0.05, 0) is 37.9 Å². The van der Waals surface area contributed by atoms with Crippen LogP contribution in [0.25, 0.3) is 6.08 Å². The van der Waals surface area contributed by atoms with Gasteiger partial charge in [0.2, 0.25) is 5.91 Å². The van der Waals surface area contributed by atoms with Crippen LogP contribution in [0.2, 0.25) is 0 Å². The van der Waals surface area contributed by atoms with E-state index >= 15 is 0 Å². The molecule has 134 valence electrons. The van der Waals surface area contributed by atoms with Crippen LogP contribution in [0.15, 0.2) is 30.3 Å². The Labute approximate surface area is 140 Å². The fourth-order valence-electron chi connectivity index (χ4n) is 1.91. The number of likely N-dealkylation sites (N-methyl/N-ethyl adjacent to an activating group) is 1. The van der Waals surface area contributed by atoms with Gasteiger partial charge in [-0.25, -0.2) is 0 Å². The Morgan fingerprint density at radius 2 is 1.75 bits per heavy atom. The van der Waals surface area contributed by atoms with Gasteiger partial charge in [-0.1, -0.05) is 12.1 Å². The maximum atomic E-state index is 12.5. The Hall–Kier alpha value is -1.86. The van der Waals surface area contributed by atoms with Gasteiger partial charge in [0.15, 0.2) is 0 Å². The van der Waals surface area contributed by atoms with Crippen molar-refractivity contribution in [1.29, 1.82) is 0 Å². The molecule has 0 aromatic heterocycles. The Bertz CT molecular complexity index is 540. The molecular formula is C17H23F3N2O2. The molecule has 4 nitrogen and oxygen atoms in total. The van der Waals surface area contributed by atoms with Gasteiger partial charge in [0.05, 0.1) is 12.2 Å². The highest BCUT2D eigenvalue weighted by Gasteiger charge is 2.29. The molecule has 1 aromatic carbocycles. The summed E-state index contributed by atoms with van der Waals surface area (Å²) in [5.41, 5.74) is -0.172. The number of halogens is 3. The van der Waals surface area contributed by atoms with Crippen LogP contribution in [0.4, 0.5) is 13.2 Å². The second-order valence-corrected chi connectivity index (χ2v) is 5.57. The van der Waals surface area contributed by atoms with Crippen molar-refractivity contribution in [1.82, 2.24) is 9.80 Å². The lowest BCUT2D eigenvalue weighted by molar-refractivity contribution is -0.137. The predicted molar refractivity (Wildman–Crippen MR) is 87.5 cm³/mol. The molecule has 0 heterocycles. The fraction of sp³-hybridized carbons (Fsp3) is 0.471. The number of amides is 1. The normalized spacial score (nSPS) is 12.1. The average molecular weight is 344 g/mol. The molecule has 0 atom stereocenters. The summed E-state index contributed by atoms with van der Waals surface area (Å²) in [5.74, 6) is -0.200. The Morgan fingerprint density at radius 1 is 1.12 bits per heavy atom. The predicted octanol–water partition coefficient (Wildman–Crippen LogP) is 2.76. The lowest BCUT2D eigenvalue weighted by Gasteiger charge is -2.22. The van der Waals surface area contributed by atoms with Gasteiger partial charge in [-0.2, -0.15) is 13.2 Å². The highest BCUT2D eigenvalue weighted by molar-refractivity contribution is 5.91. The number of ether oxygens (including phenoxy) is 1. The zero-order chi connectivity index (χ0) is 18.2. The Balaban J connectivity index is 2.72. The van der Waals surface area contributed by atoms with Crippen LogP contribution in [-0.4, -0.2) is 63.2 Å². The third-order valence-electron chi connectivity index (χ3n) is 3.35. The van der Waals surface area contributed by atoms with Crippen molar-refractivity contribution in [3.63, 3.8) is 0 Å². The first kappa shape index (κ1) is 20.2. The number of methoxy groups -OCH3 is 1. The van der Waals surface area contributed by atoms with Crippen molar-refractivity contribution >= 4 is 12.0 Å². The van der Waals surface area contributed by atoms with Gasteiger partial charge in [0.25, 0.3) is 0 Å². The number of carbonyl (C=O) groups is 1. The van der Waals surface area contributed by atoms with Crippen molar-refractivity contribution in [2.75, 3.05) is 47.4 Å². The van der Waals surface area contributed by atoms with E-state index in [2.05, 4.69) is 0 Å². The van der Waals surface area contributed by atoms with E-state index in [0.717, 1.165) is 12.1 Å². The summed E-state index contributed by atoms with van der Waals surface area (Å²) in [5, 5.41) is 0. The number of nitrogens with zero attached hydrogens (tertiary/aromatic N) is 2. The van der Waals surface area contributed by atoms with Gasteiger partial charge >= 0.3 is 6.18 Å². The number of alkyl halides is 3. The smallest absolute Gasteiger partial charge is 0.383 e. The van der Waals surface area contributed by atoms with Crippen LogP contribution in [0.1, 0.15) is 11.1 Å². The minimum absolute atomic E-state index is 0.200. The molecule has 0 N–H and O–H groups in total. The van der Waals surface area contributed by atoms with Gasteiger partial charge in [-0.3, -0.25) is 4.79 Å². The largest absolute Gasteiger partial charge is 0.416 e. The van der Waals surface area contributed by atoms with E-state index in [1.807, 2.05) is 19.0 Å². The number of benzene rings is 1. The summed E-state index contributed by atoms with van der Waals surface area (Å²) in [6.45, 7) is 2.14. The summed E-state index contributed by atoms with van der Waals surface area (Å²) in [6.07, 6.45) is -1.48. The molecule has 0 spiro atoms. The first-order valence-electron chi connectivity index (χ1n) is 7.52. The summed E-state index contributed by atoms with van der Waals surface area (Å²) in [6, 6.07) is 4.68. The highest BCUT2D eigenvalue weighted by Crippen LogP contribution is 2.29. The van der Waals surface area contributed by atoms with E-state index in [1.54, 1.807) is 12.0 Å². The number of rotatable bonds is 8. The van der Waals surface area contributed by atoms with Crippen LogP contribution < -0.4 is 0 Å². The lowest BCUT2D eigenvalue weighted by Crippen LogP contribution is -2.37. The lowest BCUT2D eigenvalue weighted by atomic mass is 10.1. The molecule has 0 aliphatic heterocycles. The number of carbonyl (C=O) groups excluding carboxylic acids is 1. The van der Waals surface area contributed by atoms with E-state index in [1.165, 1.54) is 24.3 Å². The van der Waals surface area contributed by atoms with Crippen molar-refractivity contribution < 1.29 is 22.7 Å². The van der Waals surface area contributed by atoms with E-state index in [-0.39, 0.29) is 5.91 Å². The molecule has 1 amide bonds. The average Bonchev–Trinajstić information content (AvgIpc) is 2.52. The minimum atomic E-state index is -4.36. The third-order valence-corrected chi connectivity index (χ3v) is 3.35. The molecule has 0 bridgehead atoms. The first-order valence-corrected chi connectivity index (χ1v) is 7.52. The molecule has 1 rings (SSSR count). The molecule has 0 unspecified atom stereocenters. The highest BCUT2D eigenvalue weighted by atomic mass is 19.4. The second kappa shape index (κ2) is 9.44. The summed E-state index contributed by atoms with van der Waals surface area (Å²) in [4.78, 5) is 15.9. The Kier molecular flexibility index (Phi) is 7.94. The van der Waals surface area contributed by atoms with Gasteiger partial charge in [0, 0.05) is 32.8 Å². The SMILES string of the molecule is COCCN(CCN(C)C)C(=O)/C=C/c1ccc(C(F)(F)F)cc1. The third kappa shape index (κ3) is 7.14. The van der Waals surface area contributed by atoms with E-state index < -0.39 is 11.7 Å². The molecule has 0 fully saturated rings. The topological polar surface area (TPSA) is 32.8 Å². The zero-order valence-corrected chi connectivity index (χ0v) is 14.1. The van der Waals surface area contributed by atoms with Gasteiger partial charge in [0.1, 0.15) is 0 Å². The molecule has 0 aliphatic carbocycles. The van der Waals surface area contributed by atoms with Crippen LogP contribution in [0, 0.1) is 0 Å². The molecule has 0 saturated heterocycles. The quantitative estimate of drug-likeness (QED) is 0.680. The molecule has 7 heteroatoms. The molecule has 0 saturated carbocycles. The molecular weight excluding hydrogens is 321 g/mol. The monoisotopic (exact) mass is 344 g/mol. The maximum Gasteiger partial charge on any atom is 0.416 e. The van der Waals surface area contributed by atoms with Crippen LogP contribution in [0.5, 0.6) is 0 Å². The number of hydrogen-bond acceptors (Lipinski definition) is 3. The van der Waals surface area contributed by atoms with Crippen LogP contribution in [-0.2, 0) is 15.7 Å². The standard InChI is InChI=1S/C17H23F3N2O2/c1-21(2)10-11-22(12-13-24-3)16(23)9-6-14-4-7-15(8-5-14)17(18,19)20/h4-9H,10-13H2,1-3H3/b9-6+. The molecule has 1 aromatic rings. The number of hydrogen-bond donors (Lipinski definition) is 0. The minimum Gasteiger partial charge on any atom is -0.383 e. The molecule has 0 radical (unpaired) electrons. The molecule has 0 aliphatic rings.